The Balaban J connectivity index is 0.000000479. The molecule has 2 heterocycles. The Hall–Kier alpha value is -1.92. The zero-order valence-corrected chi connectivity index (χ0v) is 18.1. The summed E-state index contributed by atoms with van der Waals surface area (Å²) >= 11 is 0. The van der Waals surface area contributed by atoms with Crippen LogP contribution in [0, 0.1) is 0 Å². The molecule has 0 spiro atoms. The van der Waals surface area contributed by atoms with Crippen LogP contribution in [0.4, 0.5) is 30.5 Å². The van der Waals surface area contributed by atoms with Gasteiger partial charge in [-0.05, 0) is 13.8 Å². The third-order valence-electron chi connectivity index (χ3n) is 3.82. The molecule has 2 aromatic rings. The Morgan fingerprint density at radius 3 is 1.29 bits per heavy atom. The van der Waals surface area contributed by atoms with E-state index in [1.807, 2.05) is 13.8 Å². The summed E-state index contributed by atoms with van der Waals surface area (Å²) in [5.74, 6) is 0.574. The smallest absolute Gasteiger partial charge is 0.400 e. The van der Waals surface area contributed by atoms with E-state index in [1.165, 1.54) is 9.13 Å². The van der Waals surface area contributed by atoms with Gasteiger partial charge in [0.05, 0.1) is 27.2 Å². The van der Waals surface area contributed by atoms with Gasteiger partial charge in [-0.3, -0.25) is 0 Å². The molecule has 0 aromatic carbocycles. The van der Waals surface area contributed by atoms with E-state index in [-0.39, 0.29) is 11.6 Å². The van der Waals surface area contributed by atoms with Crippen molar-refractivity contribution in [1.82, 2.24) is 9.13 Å². The number of hydrogen-bond acceptors (Lipinski definition) is 3. The van der Waals surface area contributed by atoms with Gasteiger partial charge >= 0.3 is 12.4 Å². The van der Waals surface area contributed by atoms with Crippen LogP contribution in [0.25, 0.3) is 0 Å². The Kier molecular flexibility index (Phi) is 10.9. The maximum absolute atomic E-state index is 12.1. The molecule has 2 aromatic heterocycles. The minimum absolute atomic E-state index is 0.287. The van der Waals surface area contributed by atoms with Crippen molar-refractivity contribution in [2.24, 2.45) is 14.1 Å². The summed E-state index contributed by atoms with van der Waals surface area (Å²) in [4.78, 5) is 16.9. The van der Waals surface area contributed by atoms with Gasteiger partial charge in [0.15, 0.2) is 0 Å². The minimum Gasteiger partial charge on any atom is -0.786 e. The molecule has 15 heteroatoms. The fourth-order valence-corrected chi connectivity index (χ4v) is 2.50. The normalized spacial score (nSPS) is 12.0. The van der Waals surface area contributed by atoms with Gasteiger partial charge in [0.2, 0.25) is 0 Å². The first kappa shape index (κ1) is 29.1. The number of rotatable bonds is 4. The van der Waals surface area contributed by atoms with Crippen molar-refractivity contribution in [3.63, 3.8) is 0 Å². The molecule has 0 atom stereocenters. The van der Waals surface area contributed by atoms with Gasteiger partial charge in [-0.2, -0.15) is 26.3 Å². The van der Waals surface area contributed by atoms with Gasteiger partial charge in [0.1, 0.15) is 45.5 Å². The highest BCUT2D eigenvalue weighted by molar-refractivity contribution is 7.42. The highest BCUT2D eigenvalue weighted by atomic mass is 31.2. The number of halogens is 7. The van der Waals surface area contributed by atoms with Crippen molar-refractivity contribution in [3.8, 4) is 0 Å². The average molecular weight is 484 g/mol. The molecule has 0 fully saturated rings. The summed E-state index contributed by atoms with van der Waals surface area (Å²) in [6, 6.07) is 0. The van der Waals surface area contributed by atoms with E-state index in [0.717, 1.165) is 0 Å². The number of aryl methyl sites for hydroxylation is 4. The van der Waals surface area contributed by atoms with Crippen molar-refractivity contribution in [2.45, 2.75) is 52.1 Å². The Labute approximate surface area is 174 Å². The van der Waals surface area contributed by atoms with E-state index in [2.05, 4.69) is 0 Å². The SMILES string of the molecule is CCn1cc[n+](C)c1CC(F)(F)F.CCn1cc[n+](C)c1CC(F)(F)F.O=P([O-])([O-])F. The molecule has 0 saturated carbocycles. The van der Waals surface area contributed by atoms with Crippen LogP contribution < -0.4 is 18.9 Å². The molecule has 31 heavy (non-hydrogen) atoms. The van der Waals surface area contributed by atoms with Crippen molar-refractivity contribution in [1.29, 1.82) is 0 Å². The number of hydrogen-bond donors (Lipinski definition) is 0. The van der Waals surface area contributed by atoms with Crippen LogP contribution in [0.5, 0.6) is 0 Å². The molecule has 0 aliphatic carbocycles. The van der Waals surface area contributed by atoms with Crippen LogP contribution in [0.2, 0.25) is 0 Å². The molecule has 0 saturated heterocycles. The quantitative estimate of drug-likeness (QED) is 0.376. The number of alkyl halides is 6. The van der Waals surface area contributed by atoms with Gasteiger partial charge < -0.3 is 14.4 Å². The summed E-state index contributed by atoms with van der Waals surface area (Å²) in [6.45, 7) is 4.76. The predicted molar refractivity (Wildman–Crippen MR) is 90.8 cm³/mol. The standard InChI is InChI=1S/2C8H12F3N2.FH2O3P/c2*1-3-13-5-4-12(2)7(13)6-8(9,10)11;1-5(2,3)4/h2*4-5H,3,6H2,1-2H3;(H2,2,3,4)/q2*+1;/p-2. The molecule has 0 bridgehead atoms. The van der Waals surface area contributed by atoms with Gasteiger partial charge in [-0.15, -0.1) is 0 Å². The summed E-state index contributed by atoms with van der Waals surface area (Å²) in [5.41, 5.74) is 0. The fraction of sp³-hybridized carbons (Fsp3) is 0.625. The summed E-state index contributed by atoms with van der Waals surface area (Å²) in [6.07, 6.45) is -3.45. The van der Waals surface area contributed by atoms with E-state index in [9.17, 15) is 30.5 Å². The molecule has 2 rings (SSSR count). The molecule has 0 N–H and O–H groups in total. The van der Waals surface area contributed by atoms with Crippen molar-refractivity contribution in [2.75, 3.05) is 0 Å². The van der Waals surface area contributed by atoms with E-state index < -0.39 is 33.1 Å². The summed E-state index contributed by atoms with van der Waals surface area (Å²) in [5, 5.41) is 0. The second kappa shape index (κ2) is 11.6. The van der Waals surface area contributed by atoms with Gasteiger partial charge in [-0.25, -0.2) is 22.5 Å². The third kappa shape index (κ3) is 13.2. The van der Waals surface area contributed by atoms with Crippen LogP contribution in [0.1, 0.15) is 25.5 Å². The van der Waals surface area contributed by atoms with Gasteiger partial charge in [0.25, 0.3) is 11.6 Å². The van der Waals surface area contributed by atoms with E-state index >= 15 is 0 Å². The van der Waals surface area contributed by atoms with Crippen molar-refractivity contribution in [3.05, 3.63) is 36.4 Å². The summed E-state index contributed by atoms with van der Waals surface area (Å²) < 4.78 is 97.3. The topological polar surface area (TPSA) is 80.8 Å². The molecular formula is C16H24F7N4O3P. The largest absolute Gasteiger partial charge is 0.786 e. The highest BCUT2D eigenvalue weighted by Crippen LogP contribution is 2.22. The first-order chi connectivity index (χ1) is 13.9. The molecule has 0 aliphatic heterocycles. The third-order valence-corrected chi connectivity index (χ3v) is 3.82. The lowest BCUT2D eigenvalue weighted by Gasteiger charge is -2.15. The van der Waals surface area contributed by atoms with Gasteiger partial charge in [0, 0.05) is 0 Å². The molecule has 0 unspecified atom stereocenters. The second-order valence-electron chi connectivity index (χ2n) is 6.24. The minimum atomic E-state index is -5.64. The molecule has 0 aliphatic rings. The van der Waals surface area contributed by atoms with Crippen LogP contribution in [0.3, 0.4) is 0 Å². The van der Waals surface area contributed by atoms with Crippen molar-refractivity contribution >= 4 is 7.91 Å². The summed E-state index contributed by atoms with van der Waals surface area (Å²) in [7, 11) is -2.40. The lowest BCUT2D eigenvalue weighted by molar-refractivity contribution is -0.680. The van der Waals surface area contributed by atoms with Crippen LogP contribution >= 0.6 is 7.91 Å². The van der Waals surface area contributed by atoms with E-state index in [0.29, 0.717) is 13.1 Å². The van der Waals surface area contributed by atoms with Crippen LogP contribution in [0.15, 0.2) is 24.8 Å². The fourth-order valence-electron chi connectivity index (χ4n) is 2.50. The zero-order chi connectivity index (χ0) is 24.6. The Bertz CT molecular complexity index is 788. The van der Waals surface area contributed by atoms with E-state index in [1.54, 1.807) is 48.0 Å². The Morgan fingerprint density at radius 1 is 0.839 bits per heavy atom. The molecule has 0 amide bonds. The van der Waals surface area contributed by atoms with Crippen LogP contribution in [-0.4, -0.2) is 21.5 Å². The maximum atomic E-state index is 12.1. The predicted octanol–water partition coefficient (Wildman–Crippen LogP) is 1.66. The Morgan fingerprint density at radius 2 is 1.10 bits per heavy atom. The monoisotopic (exact) mass is 484 g/mol. The molecule has 7 nitrogen and oxygen atoms in total. The van der Waals surface area contributed by atoms with Gasteiger partial charge in [-0.1, -0.05) is 0 Å². The maximum Gasteiger partial charge on any atom is 0.400 e. The molecule has 0 radical (unpaired) electrons. The lowest BCUT2D eigenvalue weighted by Crippen LogP contribution is -2.35. The van der Waals surface area contributed by atoms with E-state index in [4.69, 9.17) is 14.4 Å². The average Bonchev–Trinajstić information content (AvgIpc) is 3.07. The number of imidazole rings is 2. The molecular weight excluding hydrogens is 460 g/mol. The first-order valence-corrected chi connectivity index (χ1v) is 10.2. The lowest BCUT2D eigenvalue weighted by atomic mass is 10.4. The number of nitrogens with zero attached hydrogens (tertiary/aromatic N) is 4. The second-order valence-corrected chi connectivity index (χ2v) is 7.10. The van der Waals surface area contributed by atoms with Crippen molar-refractivity contribution < 1.29 is 54.0 Å². The number of aromatic nitrogens is 4. The first-order valence-electron chi connectivity index (χ1n) is 8.80. The molecule has 180 valence electrons. The van der Waals surface area contributed by atoms with Crippen LogP contribution in [-0.2, 0) is 44.6 Å². The zero-order valence-electron chi connectivity index (χ0n) is 17.2. The highest BCUT2D eigenvalue weighted by Gasteiger charge is 2.35.